The molecule has 0 atom stereocenters. The average molecular weight is 360 g/mol. The van der Waals surface area contributed by atoms with Crippen LogP contribution in [0, 0.1) is 0 Å². The number of anilines is 1. The van der Waals surface area contributed by atoms with E-state index in [-0.39, 0.29) is 0 Å². The summed E-state index contributed by atoms with van der Waals surface area (Å²) < 4.78 is 0. The number of benzene rings is 2. The molecule has 0 aliphatic heterocycles. The summed E-state index contributed by atoms with van der Waals surface area (Å²) in [5, 5.41) is 3.53. The smallest absolute Gasteiger partial charge is 0.0340 e. The molecule has 0 aliphatic carbocycles. The summed E-state index contributed by atoms with van der Waals surface area (Å²) in [6, 6.07) is 17.1. The van der Waals surface area contributed by atoms with Gasteiger partial charge in [0.05, 0.1) is 0 Å². The Morgan fingerprint density at radius 1 is 0.833 bits per heavy atom. The molecule has 0 fully saturated rings. The third-order valence-corrected chi connectivity index (χ3v) is 5.43. The first-order chi connectivity index (χ1) is 11.8. The molecule has 0 unspecified atom stereocenters. The number of nitrogens with one attached hydrogen (secondary N) is 1. The lowest BCUT2D eigenvalue weighted by Gasteiger charge is -2.10. The van der Waals surface area contributed by atoms with Gasteiger partial charge in [-0.2, -0.15) is 0 Å². The van der Waals surface area contributed by atoms with Gasteiger partial charge in [-0.25, -0.2) is 0 Å². The fourth-order valence-corrected chi connectivity index (χ4v) is 3.77. The molecule has 0 saturated carbocycles. The highest BCUT2D eigenvalue weighted by atomic mass is 33.1. The van der Waals surface area contributed by atoms with Crippen molar-refractivity contribution in [3.8, 4) is 11.1 Å². The van der Waals surface area contributed by atoms with Gasteiger partial charge in [0.2, 0.25) is 0 Å². The van der Waals surface area contributed by atoms with Gasteiger partial charge in [-0.3, -0.25) is 0 Å². The van der Waals surface area contributed by atoms with Crippen LogP contribution in [0.3, 0.4) is 0 Å². The summed E-state index contributed by atoms with van der Waals surface area (Å²) in [6.07, 6.45) is 9.48. The van der Waals surface area contributed by atoms with Crippen LogP contribution in [-0.2, 0) is 0 Å². The molecule has 2 rings (SSSR count). The number of unbranched alkanes of at least 4 members (excludes halogenated alkanes) is 6. The molecule has 3 heteroatoms. The molecule has 2 aromatic rings. The summed E-state index contributed by atoms with van der Waals surface area (Å²) in [6.45, 7) is 3.33. The normalized spacial score (nSPS) is 10.8. The Bertz CT molecular complexity index is 581. The minimum atomic E-state index is 1.07. The topological polar surface area (TPSA) is 12.0 Å². The van der Waals surface area contributed by atoms with Crippen LogP contribution < -0.4 is 5.32 Å². The predicted octanol–water partition coefficient (Wildman–Crippen LogP) is 7.45. The van der Waals surface area contributed by atoms with Crippen LogP contribution in [0.2, 0.25) is 0 Å². The zero-order chi connectivity index (χ0) is 17.0. The second kappa shape index (κ2) is 11.5. The summed E-state index contributed by atoms with van der Waals surface area (Å²) in [7, 11) is 1.50. The molecule has 0 aliphatic rings. The van der Waals surface area contributed by atoms with E-state index in [9.17, 15) is 0 Å². The van der Waals surface area contributed by atoms with E-state index in [2.05, 4.69) is 72.4 Å². The van der Waals surface area contributed by atoms with Gasteiger partial charge in [-0.15, -0.1) is 11.7 Å². The molecule has 2 aromatic carbocycles. The fraction of sp³-hybridized carbons (Fsp3) is 0.429. The van der Waals surface area contributed by atoms with E-state index in [1.54, 1.807) is 0 Å². The van der Waals surface area contributed by atoms with Crippen molar-refractivity contribution in [2.45, 2.75) is 56.8 Å². The van der Waals surface area contributed by atoms with Crippen molar-refractivity contribution in [3.05, 3.63) is 48.5 Å². The molecule has 0 amide bonds. The monoisotopic (exact) mass is 359 g/mol. The SMILES string of the molecule is CCCCCCCCCNc1ccc(-c2ccccc2SS)cc1. The predicted molar refractivity (Wildman–Crippen MR) is 113 cm³/mol. The van der Waals surface area contributed by atoms with Crippen LogP contribution in [0.5, 0.6) is 0 Å². The Labute approximate surface area is 156 Å². The summed E-state index contributed by atoms with van der Waals surface area (Å²) in [4.78, 5) is 1.20. The highest BCUT2D eigenvalue weighted by molar-refractivity contribution is 8.68. The molecule has 130 valence electrons. The molecular weight excluding hydrogens is 330 g/mol. The highest BCUT2D eigenvalue weighted by Gasteiger charge is 2.03. The van der Waals surface area contributed by atoms with E-state index < -0.39 is 0 Å². The molecule has 0 spiro atoms. The lowest BCUT2D eigenvalue weighted by molar-refractivity contribution is 0.596. The molecule has 0 saturated heterocycles. The van der Waals surface area contributed by atoms with Crippen LogP contribution in [-0.4, -0.2) is 6.54 Å². The second-order valence-corrected chi connectivity index (χ2v) is 7.38. The van der Waals surface area contributed by atoms with Crippen LogP contribution in [0.25, 0.3) is 11.1 Å². The van der Waals surface area contributed by atoms with Crippen molar-refractivity contribution < 1.29 is 0 Å². The zero-order valence-electron chi connectivity index (χ0n) is 14.6. The Hall–Kier alpha value is -1.06. The van der Waals surface area contributed by atoms with E-state index in [0.717, 1.165) is 6.54 Å². The van der Waals surface area contributed by atoms with Crippen molar-refractivity contribution in [3.63, 3.8) is 0 Å². The van der Waals surface area contributed by atoms with Crippen LogP contribution >= 0.6 is 22.5 Å². The minimum Gasteiger partial charge on any atom is -0.385 e. The molecule has 0 aromatic heterocycles. The van der Waals surface area contributed by atoms with Gasteiger partial charge in [0.25, 0.3) is 0 Å². The van der Waals surface area contributed by atoms with Gasteiger partial charge in [0.15, 0.2) is 0 Å². The van der Waals surface area contributed by atoms with Gasteiger partial charge >= 0.3 is 0 Å². The molecule has 24 heavy (non-hydrogen) atoms. The van der Waals surface area contributed by atoms with E-state index in [1.165, 1.54) is 77.4 Å². The molecule has 1 nitrogen and oxygen atoms in total. The van der Waals surface area contributed by atoms with Crippen LogP contribution in [0.4, 0.5) is 5.69 Å². The first-order valence-electron chi connectivity index (χ1n) is 9.10. The van der Waals surface area contributed by atoms with E-state index in [1.807, 2.05) is 0 Å². The summed E-state index contributed by atoms with van der Waals surface area (Å²) >= 11 is 4.35. The van der Waals surface area contributed by atoms with E-state index >= 15 is 0 Å². The Morgan fingerprint density at radius 2 is 1.50 bits per heavy atom. The van der Waals surface area contributed by atoms with E-state index in [4.69, 9.17) is 0 Å². The Morgan fingerprint density at radius 3 is 2.21 bits per heavy atom. The average Bonchev–Trinajstić information content (AvgIpc) is 2.64. The maximum Gasteiger partial charge on any atom is 0.0340 e. The van der Waals surface area contributed by atoms with Crippen molar-refractivity contribution >= 4 is 28.1 Å². The largest absolute Gasteiger partial charge is 0.385 e. The standard InChI is InChI=1S/C21H29NS2/c1-2-3-4-5-6-7-10-17-22-19-15-13-18(14-16-19)20-11-8-9-12-21(20)24-23/h8-9,11-16,22-23H,2-7,10,17H2,1H3. The summed E-state index contributed by atoms with van der Waals surface area (Å²) in [5.74, 6) is 0. The zero-order valence-corrected chi connectivity index (χ0v) is 16.3. The number of hydrogen-bond donors (Lipinski definition) is 2. The third-order valence-electron chi connectivity index (χ3n) is 4.29. The maximum absolute atomic E-state index is 4.35. The maximum atomic E-state index is 4.35. The summed E-state index contributed by atoms with van der Waals surface area (Å²) in [5.41, 5.74) is 3.70. The number of rotatable bonds is 11. The molecule has 0 radical (unpaired) electrons. The molecule has 0 heterocycles. The Balaban J connectivity index is 1.74. The molecule has 1 N–H and O–H groups in total. The van der Waals surface area contributed by atoms with Crippen molar-refractivity contribution in [1.29, 1.82) is 0 Å². The minimum absolute atomic E-state index is 1.07. The van der Waals surface area contributed by atoms with Gasteiger partial charge in [-0.05, 0) is 35.7 Å². The fourth-order valence-electron chi connectivity index (χ4n) is 2.87. The first kappa shape index (κ1) is 19.3. The number of thiol groups is 1. The van der Waals surface area contributed by atoms with Gasteiger partial charge in [-0.1, -0.05) is 86.6 Å². The van der Waals surface area contributed by atoms with E-state index in [0.29, 0.717) is 0 Å². The quantitative estimate of drug-likeness (QED) is 0.245. The van der Waals surface area contributed by atoms with Crippen LogP contribution in [0.15, 0.2) is 53.4 Å². The van der Waals surface area contributed by atoms with Crippen molar-refractivity contribution in [1.82, 2.24) is 0 Å². The van der Waals surface area contributed by atoms with Gasteiger partial charge in [0, 0.05) is 17.1 Å². The molecule has 0 bridgehead atoms. The lowest BCUT2D eigenvalue weighted by atomic mass is 10.1. The van der Waals surface area contributed by atoms with Crippen LogP contribution in [0.1, 0.15) is 51.9 Å². The van der Waals surface area contributed by atoms with Gasteiger partial charge in [0.1, 0.15) is 0 Å². The highest BCUT2D eigenvalue weighted by Crippen LogP contribution is 2.33. The van der Waals surface area contributed by atoms with Gasteiger partial charge < -0.3 is 5.32 Å². The lowest BCUT2D eigenvalue weighted by Crippen LogP contribution is -2.01. The van der Waals surface area contributed by atoms with Crippen molar-refractivity contribution in [2.24, 2.45) is 0 Å². The molecular formula is C21H29NS2. The third kappa shape index (κ3) is 6.45. The number of hydrogen-bond acceptors (Lipinski definition) is 3. The Kier molecular flexibility index (Phi) is 9.22. The van der Waals surface area contributed by atoms with Crippen molar-refractivity contribution in [2.75, 3.05) is 11.9 Å². The first-order valence-corrected chi connectivity index (χ1v) is 11.0. The second-order valence-electron chi connectivity index (χ2n) is 6.21.